The topological polar surface area (TPSA) is 133 Å². The van der Waals surface area contributed by atoms with Crippen molar-refractivity contribution in [1.29, 1.82) is 0 Å². The summed E-state index contributed by atoms with van der Waals surface area (Å²) in [4.78, 5) is 24.0. The Kier molecular flexibility index (Phi) is 19.7. The second-order valence-electron chi connectivity index (χ2n) is 23.7. The highest BCUT2D eigenvalue weighted by molar-refractivity contribution is 6.47. The first kappa shape index (κ1) is 58.5. The first-order chi connectivity index (χ1) is 36.2. The zero-order valence-electron chi connectivity index (χ0n) is 47.3. The molecule has 2 aliphatic carbocycles. The Morgan fingerprint density at radius 2 is 1.08 bits per heavy atom. The Morgan fingerprint density at radius 1 is 0.579 bits per heavy atom. The van der Waals surface area contributed by atoms with Gasteiger partial charge in [-0.15, -0.1) is 0 Å². The largest absolute Gasteiger partial charge is 0.481 e. The summed E-state index contributed by atoms with van der Waals surface area (Å²) in [5.41, 5.74) is 14.3. The quantitative estimate of drug-likeness (QED) is 0.0304. The number of aliphatic hydroxyl groups is 1. The highest BCUT2D eigenvalue weighted by Crippen LogP contribution is 2.56. The van der Waals surface area contributed by atoms with E-state index >= 15 is 0 Å². The van der Waals surface area contributed by atoms with E-state index < -0.39 is 17.2 Å². The third kappa shape index (κ3) is 14.1. The van der Waals surface area contributed by atoms with Crippen molar-refractivity contribution in [2.24, 2.45) is 5.41 Å². The number of aliphatic carboxylic acids is 1. The minimum atomic E-state index is -1.05. The van der Waals surface area contributed by atoms with Crippen LogP contribution in [-0.2, 0) is 50.4 Å². The number of fused-ring (bicyclic) bond motifs is 6. The summed E-state index contributed by atoms with van der Waals surface area (Å²) in [7, 11) is 5.19. The fourth-order valence-electron chi connectivity index (χ4n) is 11.2. The number of unbranched alkanes of at least 4 members (excludes halogenated alkanes) is 1. The molecule has 0 saturated heterocycles. The highest BCUT2D eigenvalue weighted by atomic mass is 16.5. The zero-order valence-corrected chi connectivity index (χ0v) is 47.3. The van der Waals surface area contributed by atoms with Gasteiger partial charge in [0.25, 0.3) is 0 Å². The molecular formula is C65H85BNO9. The molecule has 1 unspecified atom stereocenters. The molecule has 7 rings (SSSR count). The van der Waals surface area contributed by atoms with Crippen LogP contribution < -0.4 is 10.8 Å². The number of hydrogen-bond acceptors (Lipinski definition) is 8. The normalized spacial score (nSPS) is 15.5. The molecule has 1 amide bonds. The molecule has 3 N–H and O–H groups in total. The Hall–Kier alpha value is -5.14. The first-order valence-electron chi connectivity index (χ1n) is 27.7. The van der Waals surface area contributed by atoms with Gasteiger partial charge in [0.15, 0.2) is 0 Å². The molecule has 0 saturated carbocycles. The lowest BCUT2D eigenvalue weighted by molar-refractivity contribution is -0.137. The van der Waals surface area contributed by atoms with E-state index in [1.807, 2.05) is 13.8 Å². The van der Waals surface area contributed by atoms with E-state index in [1.165, 1.54) is 50.1 Å². The van der Waals surface area contributed by atoms with E-state index in [0.717, 1.165) is 79.1 Å². The maximum absolute atomic E-state index is 12.8. The molecule has 0 bridgehead atoms. The number of carboxylic acids is 1. The second kappa shape index (κ2) is 25.6. The molecule has 0 fully saturated rings. The summed E-state index contributed by atoms with van der Waals surface area (Å²) in [6.07, 6.45) is 8.18. The minimum absolute atomic E-state index is 0.0687. The highest BCUT2D eigenvalue weighted by Gasteiger charge is 2.44. The monoisotopic (exact) mass is 1030 g/mol. The molecule has 0 aliphatic heterocycles. The third-order valence-electron chi connectivity index (χ3n) is 16.1. The van der Waals surface area contributed by atoms with Crippen LogP contribution in [-0.4, -0.2) is 101 Å². The number of hydrogen-bond donors (Lipinski definition) is 3. The van der Waals surface area contributed by atoms with Crippen LogP contribution in [0.1, 0.15) is 147 Å². The molecule has 5 aromatic rings. The summed E-state index contributed by atoms with van der Waals surface area (Å²) in [6.45, 7) is 20.1. The van der Waals surface area contributed by atoms with Crippen molar-refractivity contribution in [2.45, 2.75) is 148 Å². The molecule has 0 aromatic heterocycles. The van der Waals surface area contributed by atoms with Gasteiger partial charge in [0.05, 0.1) is 37.6 Å². The molecule has 76 heavy (non-hydrogen) atoms. The SMILES string of the molecule is COCCOCCCC1(CCCOCCOC)c2cc(-c3ccc(CCCC(=O)O)cc3)ccc2-c2ccc(-c3ccc4c(c3)C(C)(CCCCNC(=O)CC(C)(C)C)c3cc([B]OC(C)(C)C(C)(C)O)ccc3-4)cc21. The van der Waals surface area contributed by atoms with Crippen LogP contribution in [0.4, 0.5) is 0 Å². The number of rotatable bonds is 30. The average Bonchev–Trinajstić information content (AvgIpc) is 3.84. The van der Waals surface area contributed by atoms with E-state index in [-0.39, 0.29) is 28.6 Å². The van der Waals surface area contributed by atoms with Gasteiger partial charge in [0.1, 0.15) is 0 Å². The Balaban J connectivity index is 1.27. The molecular weight excluding hydrogens is 950 g/mol. The number of benzene rings is 5. The lowest BCUT2D eigenvalue weighted by atomic mass is 9.70. The van der Waals surface area contributed by atoms with Gasteiger partial charge >= 0.3 is 13.5 Å². The van der Waals surface area contributed by atoms with Crippen molar-refractivity contribution in [2.75, 3.05) is 60.4 Å². The molecule has 0 heterocycles. The molecule has 407 valence electrons. The number of carbonyl (C=O) groups excluding carboxylic acids is 1. The number of carboxylic acid groups (broad SMARTS) is 1. The van der Waals surface area contributed by atoms with Gasteiger partial charge in [-0.2, -0.15) is 0 Å². The van der Waals surface area contributed by atoms with Crippen LogP contribution in [0.5, 0.6) is 0 Å². The number of nitrogens with one attached hydrogen (secondary N) is 1. The van der Waals surface area contributed by atoms with Crippen molar-refractivity contribution in [1.82, 2.24) is 5.32 Å². The number of amides is 1. The lowest BCUT2D eigenvalue weighted by Gasteiger charge is -2.37. The van der Waals surface area contributed by atoms with Crippen molar-refractivity contribution in [3.8, 4) is 44.5 Å². The first-order valence-corrected chi connectivity index (χ1v) is 27.7. The van der Waals surface area contributed by atoms with Gasteiger partial charge in [-0.25, -0.2) is 0 Å². The van der Waals surface area contributed by atoms with Crippen LogP contribution in [0, 0.1) is 5.41 Å². The van der Waals surface area contributed by atoms with E-state index in [1.54, 1.807) is 35.5 Å². The summed E-state index contributed by atoms with van der Waals surface area (Å²) in [5, 5.41) is 23.3. The number of carbonyl (C=O) groups is 2. The van der Waals surface area contributed by atoms with Gasteiger partial charge in [-0.05, 0) is 175 Å². The molecule has 5 aromatic carbocycles. The van der Waals surface area contributed by atoms with Crippen LogP contribution >= 0.6 is 0 Å². The fourth-order valence-corrected chi connectivity index (χ4v) is 11.2. The van der Waals surface area contributed by atoms with Gasteiger partial charge in [-0.3, -0.25) is 9.59 Å². The van der Waals surface area contributed by atoms with Crippen molar-refractivity contribution in [3.63, 3.8) is 0 Å². The molecule has 2 aliphatic rings. The predicted molar refractivity (Wildman–Crippen MR) is 308 cm³/mol. The maximum Gasteiger partial charge on any atom is 0.330 e. The molecule has 1 atom stereocenters. The fraction of sp³-hybridized carbons (Fsp3) is 0.508. The van der Waals surface area contributed by atoms with Crippen LogP contribution in [0.3, 0.4) is 0 Å². The number of aryl methyl sites for hydroxylation is 1. The van der Waals surface area contributed by atoms with E-state index in [9.17, 15) is 19.8 Å². The van der Waals surface area contributed by atoms with Crippen molar-refractivity contribution < 1.29 is 43.4 Å². The predicted octanol–water partition coefficient (Wildman–Crippen LogP) is 12.4. The van der Waals surface area contributed by atoms with E-state index in [0.29, 0.717) is 59.0 Å². The summed E-state index contributed by atoms with van der Waals surface area (Å²) >= 11 is 0. The van der Waals surface area contributed by atoms with Gasteiger partial charge < -0.3 is 39.1 Å². The van der Waals surface area contributed by atoms with Gasteiger partial charge in [0, 0.05) is 57.6 Å². The standard InChI is InChI=1S/C65H85BNO9/c1-61(2,3)44-59(68)67-33-12-11-30-64(8)55-40-48(23-26-51(55)52-29-25-50(43-56(52)64)66-76-63(6,7)62(4,5)71)49-24-28-54-53-27-22-47(46-20-18-45(19-21-46)16-13-17-60(69)70)41-57(53)65(58(54)42-49,31-14-34-74-38-36-72-9)32-15-35-75-39-37-73-10/h18-29,40-43,71H,11-17,30-39,44H2,1-10H3,(H,67,68)(H,69,70). The number of ether oxygens (including phenoxy) is 4. The zero-order chi connectivity index (χ0) is 54.7. The van der Waals surface area contributed by atoms with Crippen molar-refractivity contribution in [3.05, 3.63) is 125 Å². The van der Waals surface area contributed by atoms with E-state index in [4.69, 9.17) is 23.6 Å². The number of methoxy groups -OCH3 is 2. The smallest absolute Gasteiger partial charge is 0.330 e. The average molecular weight is 1040 g/mol. The summed E-state index contributed by atoms with van der Waals surface area (Å²) in [5.74, 6) is -0.669. The summed E-state index contributed by atoms with van der Waals surface area (Å²) in [6, 6.07) is 36.3. The Labute approximate surface area is 454 Å². The van der Waals surface area contributed by atoms with Gasteiger partial charge in [0.2, 0.25) is 5.91 Å². The summed E-state index contributed by atoms with van der Waals surface area (Å²) < 4.78 is 29.2. The molecule has 11 heteroatoms. The van der Waals surface area contributed by atoms with Crippen molar-refractivity contribution >= 4 is 24.8 Å². The Morgan fingerprint density at radius 3 is 1.61 bits per heavy atom. The van der Waals surface area contributed by atoms with Crippen LogP contribution in [0.2, 0.25) is 0 Å². The van der Waals surface area contributed by atoms with Crippen LogP contribution in [0.15, 0.2) is 97.1 Å². The maximum atomic E-state index is 12.8. The lowest BCUT2D eigenvalue weighted by Crippen LogP contribution is -2.49. The van der Waals surface area contributed by atoms with E-state index in [2.05, 4.69) is 130 Å². The molecule has 1 radical (unpaired) electrons. The molecule has 10 nitrogen and oxygen atoms in total. The molecule has 0 spiro atoms. The minimum Gasteiger partial charge on any atom is -0.481 e. The third-order valence-corrected chi connectivity index (χ3v) is 16.1. The Bertz CT molecular complexity index is 2740. The second-order valence-corrected chi connectivity index (χ2v) is 23.7. The van der Waals surface area contributed by atoms with Gasteiger partial charge in [-0.1, -0.05) is 118 Å². The van der Waals surface area contributed by atoms with Crippen LogP contribution in [0.25, 0.3) is 44.5 Å².